The van der Waals surface area contributed by atoms with Gasteiger partial charge in [-0.05, 0) is 99.0 Å². The highest BCUT2D eigenvalue weighted by atomic mass is 32.1. The molecule has 2 aromatic carbocycles. The van der Waals surface area contributed by atoms with Gasteiger partial charge in [0.1, 0.15) is 0 Å². The maximum atomic E-state index is 13.7. The molecule has 1 aliphatic carbocycles. The standard InChI is InChI=1S/C31H40N4O2S/c1-22-18-23(2)20-25(19-22)32-30(38)34-15-12-31(13-16-34)14-17-35(21-31)29(37)26-10-6-7-11-27(26)33-28(36)24-8-4-3-5-9-24/h3-5,8-9,18-20,26-27H,6-7,10-17,21H2,1-2H3,(H,32,38)(H,33,36). The number of carbonyl (C=O) groups excluding carboxylic acids is 2. The van der Waals surface area contributed by atoms with E-state index in [0.717, 1.165) is 81.9 Å². The van der Waals surface area contributed by atoms with E-state index in [0.29, 0.717) is 5.56 Å². The topological polar surface area (TPSA) is 64.7 Å². The van der Waals surface area contributed by atoms with Gasteiger partial charge in [0.2, 0.25) is 5.91 Å². The van der Waals surface area contributed by atoms with E-state index in [1.807, 2.05) is 30.3 Å². The number of rotatable bonds is 4. The van der Waals surface area contributed by atoms with Crippen LogP contribution >= 0.6 is 12.2 Å². The number of aryl methyl sites for hydroxylation is 2. The highest BCUT2D eigenvalue weighted by molar-refractivity contribution is 7.80. The predicted octanol–water partition coefficient (Wildman–Crippen LogP) is 5.30. The van der Waals surface area contributed by atoms with Crippen LogP contribution in [-0.4, -0.2) is 58.9 Å². The lowest BCUT2D eigenvalue weighted by molar-refractivity contribution is -0.136. The van der Waals surface area contributed by atoms with Crippen LogP contribution in [0.5, 0.6) is 0 Å². The number of carbonyl (C=O) groups is 2. The Kier molecular flexibility index (Phi) is 8.03. The molecule has 38 heavy (non-hydrogen) atoms. The van der Waals surface area contributed by atoms with Gasteiger partial charge < -0.3 is 20.4 Å². The van der Waals surface area contributed by atoms with Gasteiger partial charge in [-0.15, -0.1) is 0 Å². The molecule has 2 aromatic rings. The molecule has 202 valence electrons. The number of nitrogens with zero attached hydrogens (tertiary/aromatic N) is 2. The van der Waals surface area contributed by atoms with Gasteiger partial charge in [0.15, 0.2) is 5.11 Å². The fourth-order valence-corrected chi connectivity index (χ4v) is 6.94. The maximum Gasteiger partial charge on any atom is 0.251 e. The summed E-state index contributed by atoms with van der Waals surface area (Å²) >= 11 is 5.75. The maximum absolute atomic E-state index is 13.7. The molecule has 2 unspecified atom stereocenters. The van der Waals surface area contributed by atoms with Crippen molar-refractivity contribution < 1.29 is 9.59 Å². The fourth-order valence-electron chi connectivity index (χ4n) is 6.64. The molecule has 3 aliphatic rings. The van der Waals surface area contributed by atoms with Crippen LogP contribution in [0, 0.1) is 25.2 Å². The zero-order chi connectivity index (χ0) is 26.7. The van der Waals surface area contributed by atoms with Crippen molar-refractivity contribution in [2.75, 3.05) is 31.5 Å². The summed E-state index contributed by atoms with van der Waals surface area (Å²) in [7, 11) is 0. The first-order chi connectivity index (χ1) is 18.3. The summed E-state index contributed by atoms with van der Waals surface area (Å²) in [5, 5.41) is 7.41. The second kappa shape index (κ2) is 11.4. The highest BCUT2D eigenvalue weighted by Gasteiger charge is 2.45. The van der Waals surface area contributed by atoms with Crippen molar-refractivity contribution in [3.63, 3.8) is 0 Å². The quantitative estimate of drug-likeness (QED) is 0.523. The van der Waals surface area contributed by atoms with Gasteiger partial charge >= 0.3 is 0 Å². The molecule has 0 radical (unpaired) electrons. The summed E-state index contributed by atoms with van der Waals surface area (Å²) in [6, 6.07) is 15.7. The SMILES string of the molecule is Cc1cc(C)cc(NC(=S)N2CCC3(CCN(C(=O)C4CCCCC4NC(=O)c4ccccc4)C3)CC2)c1. The minimum Gasteiger partial charge on any atom is -0.349 e. The lowest BCUT2D eigenvalue weighted by atomic mass is 9.77. The third-order valence-corrected chi connectivity index (χ3v) is 9.13. The molecule has 2 amide bonds. The van der Waals surface area contributed by atoms with Gasteiger partial charge in [-0.25, -0.2) is 0 Å². The molecule has 2 saturated heterocycles. The molecule has 2 atom stereocenters. The Morgan fingerprint density at radius 1 is 0.895 bits per heavy atom. The molecule has 2 heterocycles. The van der Waals surface area contributed by atoms with Crippen molar-refractivity contribution in [1.29, 1.82) is 0 Å². The van der Waals surface area contributed by atoms with Crippen molar-refractivity contribution in [3.05, 3.63) is 65.2 Å². The van der Waals surface area contributed by atoms with Gasteiger partial charge in [-0.1, -0.05) is 37.1 Å². The first-order valence-electron chi connectivity index (χ1n) is 14.1. The predicted molar refractivity (Wildman–Crippen MR) is 156 cm³/mol. The number of piperidine rings is 1. The van der Waals surface area contributed by atoms with Crippen LogP contribution in [0.25, 0.3) is 0 Å². The number of thiocarbonyl (C=S) groups is 1. The number of hydrogen-bond donors (Lipinski definition) is 2. The summed E-state index contributed by atoms with van der Waals surface area (Å²) in [5.41, 5.74) is 4.33. The number of likely N-dealkylation sites (tertiary alicyclic amines) is 2. The molecular formula is C31H40N4O2S. The zero-order valence-corrected chi connectivity index (χ0v) is 23.5. The average Bonchev–Trinajstić information content (AvgIpc) is 3.32. The zero-order valence-electron chi connectivity index (χ0n) is 22.7. The van der Waals surface area contributed by atoms with E-state index < -0.39 is 0 Å². The Morgan fingerprint density at radius 2 is 1.53 bits per heavy atom. The van der Waals surface area contributed by atoms with Crippen molar-refractivity contribution in [2.45, 2.75) is 64.8 Å². The number of amides is 2. The van der Waals surface area contributed by atoms with Gasteiger partial charge in [0.05, 0.1) is 5.92 Å². The van der Waals surface area contributed by atoms with E-state index in [1.54, 1.807) is 0 Å². The Morgan fingerprint density at radius 3 is 2.21 bits per heavy atom. The van der Waals surface area contributed by atoms with E-state index in [1.165, 1.54) is 11.1 Å². The number of nitrogens with one attached hydrogen (secondary N) is 2. The highest BCUT2D eigenvalue weighted by Crippen LogP contribution is 2.41. The smallest absolute Gasteiger partial charge is 0.251 e. The van der Waals surface area contributed by atoms with Crippen LogP contribution in [0.2, 0.25) is 0 Å². The molecular weight excluding hydrogens is 492 g/mol. The van der Waals surface area contributed by atoms with Crippen LogP contribution in [0.4, 0.5) is 5.69 Å². The minimum absolute atomic E-state index is 0.0778. The van der Waals surface area contributed by atoms with Crippen LogP contribution in [0.15, 0.2) is 48.5 Å². The molecule has 1 spiro atoms. The van der Waals surface area contributed by atoms with Crippen molar-refractivity contribution in [1.82, 2.24) is 15.1 Å². The Bertz CT molecular complexity index is 1160. The summed E-state index contributed by atoms with van der Waals surface area (Å²) < 4.78 is 0. The molecule has 0 bridgehead atoms. The first-order valence-corrected chi connectivity index (χ1v) is 14.5. The third-order valence-electron chi connectivity index (χ3n) is 8.77. The molecule has 2 N–H and O–H groups in total. The van der Waals surface area contributed by atoms with Crippen LogP contribution in [-0.2, 0) is 4.79 Å². The Balaban J connectivity index is 1.15. The van der Waals surface area contributed by atoms with Crippen LogP contribution < -0.4 is 10.6 Å². The second-order valence-corrected chi connectivity index (χ2v) is 12.0. The molecule has 0 aromatic heterocycles. The molecule has 7 heteroatoms. The fraction of sp³-hybridized carbons (Fsp3) is 0.516. The van der Waals surface area contributed by atoms with Gasteiger partial charge in [0.25, 0.3) is 5.91 Å². The van der Waals surface area contributed by atoms with E-state index in [4.69, 9.17) is 12.2 Å². The van der Waals surface area contributed by atoms with E-state index in [9.17, 15) is 9.59 Å². The van der Waals surface area contributed by atoms with E-state index in [-0.39, 0.29) is 29.2 Å². The number of hydrogen-bond acceptors (Lipinski definition) is 3. The molecule has 1 saturated carbocycles. The number of anilines is 1. The molecule has 5 rings (SSSR count). The summed E-state index contributed by atoms with van der Waals surface area (Å²) in [4.78, 5) is 30.9. The van der Waals surface area contributed by atoms with E-state index in [2.05, 4.69) is 52.5 Å². The third kappa shape index (κ3) is 6.04. The molecule has 3 fully saturated rings. The monoisotopic (exact) mass is 532 g/mol. The van der Waals surface area contributed by atoms with Crippen molar-refractivity contribution in [2.24, 2.45) is 11.3 Å². The summed E-state index contributed by atoms with van der Waals surface area (Å²) in [6.45, 7) is 7.68. The van der Waals surface area contributed by atoms with Gasteiger partial charge in [-0.2, -0.15) is 0 Å². The Labute approximate surface area is 232 Å². The minimum atomic E-state index is -0.124. The second-order valence-electron chi connectivity index (χ2n) is 11.6. The lowest BCUT2D eigenvalue weighted by Crippen LogP contribution is -2.50. The van der Waals surface area contributed by atoms with E-state index >= 15 is 0 Å². The largest absolute Gasteiger partial charge is 0.349 e. The lowest BCUT2D eigenvalue weighted by Gasteiger charge is -2.41. The Hall–Kier alpha value is -2.93. The molecule has 6 nitrogen and oxygen atoms in total. The average molecular weight is 533 g/mol. The first kappa shape index (κ1) is 26.7. The summed E-state index contributed by atoms with van der Waals surface area (Å²) in [6.07, 6.45) is 6.97. The number of benzene rings is 2. The van der Waals surface area contributed by atoms with Crippen LogP contribution in [0.1, 0.15) is 66.4 Å². The van der Waals surface area contributed by atoms with Gasteiger partial charge in [0, 0.05) is 43.5 Å². The normalized spacial score (nSPS) is 22.8. The summed E-state index contributed by atoms with van der Waals surface area (Å²) in [5.74, 6) is 0.0292. The van der Waals surface area contributed by atoms with Crippen LogP contribution in [0.3, 0.4) is 0 Å². The molecule has 2 aliphatic heterocycles. The van der Waals surface area contributed by atoms with Gasteiger partial charge in [-0.3, -0.25) is 9.59 Å². The van der Waals surface area contributed by atoms with Crippen molar-refractivity contribution in [3.8, 4) is 0 Å². The van der Waals surface area contributed by atoms with Crippen molar-refractivity contribution >= 4 is 34.8 Å².